The van der Waals surface area contributed by atoms with Crippen LogP contribution in [0.2, 0.25) is 0 Å². The summed E-state index contributed by atoms with van der Waals surface area (Å²) in [5.41, 5.74) is -0.627. The summed E-state index contributed by atoms with van der Waals surface area (Å²) in [5, 5.41) is 2.76. The standard InChI is InChI=1S/C12H7BrF4N2/c13-9-6-18-4-3-11(9)19-7-1-2-10(14)8(5-7)12(15,16)17/h1-6H,(H,18,19). The molecule has 0 bridgehead atoms. The van der Waals surface area contributed by atoms with Gasteiger partial charge < -0.3 is 5.32 Å². The molecule has 0 aliphatic heterocycles. The summed E-state index contributed by atoms with van der Waals surface area (Å²) in [6.45, 7) is 0. The summed E-state index contributed by atoms with van der Waals surface area (Å²) in [7, 11) is 0. The van der Waals surface area contributed by atoms with E-state index in [-0.39, 0.29) is 5.69 Å². The van der Waals surface area contributed by atoms with Crippen LogP contribution >= 0.6 is 15.9 Å². The predicted octanol–water partition coefficient (Wildman–Crippen LogP) is 4.75. The molecule has 0 saturated heterocycles. The maximum absolute atomic E-state index is 13.1. The molecular weight excluding hydrogens is 328 g/mol. The number of hydrogen-bond acceptors (Lipinski definition) is 2. The van der Waals surface area contributed by atoms with Gasteiger partial charge in [-0.25, -0.2) is 4.39 Å². The van der Waals surface area contributed by atoms with Crippen LogP contribution < -0.4 is 5.32 Å². The number of aromatic nitrogens is 1. The summed E-state index contributed by atoms with van der Waals surface area (Å²) in [6.07, 6.45) is -1.74. The van der Waals surface area contributed by atoms with Crippen molar-refractivity contribution >= 4 is 27.3 Å². The lowest BCUT2D eigenvalue weighted by Gasteiger charge is -2.12. The van der Waals surface area contributed by atoms with Gasteiger partial charge in [0.2, 0.25) is 0 Å². The highest BCUT2D eigenvalue weighted by atomic mass is 79.9. The Morgan fingerprint density at radius 1 is 1.16 bits per heavy atom. The molecule has 1 N–H and O–H groups in total. The van der Waals surface area contributed by atoms with Gasteiger partial charge in [0.05, 0.1) is 15.7 Å². The molecule has 0 fully saturated rings. The smallest absolute Gasteiger partial charge is 0.354 e. The van der Waals surface area contributed by atoms with Crippen LogP contribution in [-0.4, -0.2) is 4.98 Å². The Morgan fingerprint density at radius 3 is 2.53 bits per heavy atom. The number of alkyl halides is 3. The number of nitrogens with one attached hydrogen (secondary N) is 1. The Kier molecular flexibility index (Phi) is 3.75. The van der Waals surface area contributed by atoms with Gasteiger partial charge in [0.15, 0.2) is 0 Å². The van der Waals surface area contributed by atoms with Crippen molar-refractivity contribution in [2.24, 2.45) is 0 Å². The molecule has 0 aliphatic carbocycles. The number of rotatable bonds is 2. The number of benzene rings is 1. The van der Waals surface area contributed by atoms with Crippen LogP contribution in [0.3, 0.4) is 0 Å². The molecule has 1 aromatic heterocycles. The lowest BCUT2D eigenvalue weighted by Crippen LogP contribution is -2.08. The Labute approximate surface area is 114 Å². The fourth-order valence-corrected chi connectivity index (χ4v) is 1.80. The summed E-state index contributed by atoms with van der Waals surface area (Å²) in [6, 6.07) is 4.32. The zero-order valence-corrected chi connectivity index (χ0v) is 10.9. The van der Waals surface area contributed by atoms with Crippen molar-refractivity contribution in [3.05, 3.63) is 52.5 Å². The third-order valence-electron chi connectivity index (χ3n) is 2.32. The Morgan fingerprint density at radius 2 is 1.89 bits per heavy atom. The van der Waals surface area contributed by atoms with Crippen LogP contribution in [0.25, 0.3) is 0 Å². The summed E-state index contributed by atoms with van der Waals surface area (Å²) in [5.74, 6) is -1.30. The largest absolute Gasteiger partial charge is 0.419 e. The van der Waals surface area contributed by atoms with E-state index in [1.54, 1.807) is 6.07 Å². The zero-order chi connectivity index (χ0) is 14.0. The average Bonchev–Trinajstić information content (AvgIpc) is 2.33. The van der Waals surface area contributed by atoms with Gasteiger partial charge >= 0.3 is 6.18 Å². The van der Waals surface area contributed by atoms with E-state index in [9.17, 15) is 17.6 Å². The molecule has 2 rings (SSSR count). The molecule has 2 nitrogen and oxygen atoms in total. The van der Waals surface area contributed by atoms with Crippen LogP contribution in [0, 0.1) is 5.82 Å². The van der Waals surface area contributed by atoms with Crippen molar-refractivity contribution in [1.82, 2.24) is 4.98 Å². The first kappa shape index (κ1) is 13.8. The van der Waals surface area contributed by atoms with E-state index in [0.29, 0.717) is 10.2 Å². The zero-order valence-electron chi connectivity index (χ0n) is 9.30. The minimum absolute atomic E-state index is 0.139. The first-order valence-corrected chi connectivity index (χ1v) is 5.90. The van der Waals surface area contributed by atoms with Crippen LogP contribution in [-0.2, 0) is 6.18 Å². The molecule has 0 radical (unpaired) electrons. The summed E-state index contributed by atoms with van der Waals surface area (Å²) >= 11 is 3.20. The minimum atomic E-state index is -4.72. The molecule has 0 spiro atoms. The maximum Gasteiger partial charge on any atom is 0.419 e. The molecule has 0 aliphatic rings. The normalized spacial score (nSPS) is 11.4. The van der Waals surface area contributed by atoms with Gasteiger partial charge in [-0.15, -0.1) is 0 Å². The monoisotopic (exact) mass is 334 g/mol. The highest BCUT2D eigenvalue weighted by Gasteiger charge is 2.34. The summed E-state index contributed by atoms with van der Waals surface area (Å²) in [4.78, 5) is 3.83. The third-order valence-corrected chi connectivity index (χ3v) is 2.96. The van der Waals surface area contributed by atoms with Gasteiger partial charge in [0, 0.05) is 18.1 Å². The van der Waals surface area contributed by atoms with Gasteiger partial charge in [-0.05, 0) is 40.2 Å². The molecule has 0 amide bonds. The highest BCUT2D eigenvalue weighted by Crippen LogP contribution is 2.34. The minimum Gasteiger partial charge on any atom is -0.354 e. The van der Waals surface area contributed by atoms with Crippen molar-refractivity contribution < 1.29 is 17.6 Å². The molecule has 0 saturated carbocycles. The van der Waals surface area contributed by atoms with Crippen LogP contribution in [0.4, 0.5) is 28.9 Å². The molecular formula is C12H7BrF4N2. The predicted molar refractivity (Wildman–Crippen MR) is 66.6 cm³/mol. The molecule has 0 atom stereocenters. The first-order chi connectivity index (χ1) is 8.88. The fraction of sp³-hybridized carbons (Fsp3) is 0.0833. The van der Waals surface area contributed by atoms with Gasteiger partial charge in [-0.1, -0.05) is 0 Å². The van der Waals surface area contributed by atoms with Crippen LogP contribution in [0.1, 0.15) is 5.56 Å². The second-order valence-corrected chi connectivity index (χ2v) is 4.53. The summed E-state index contributed by atoms with van der Waals surface area (Å²) < 4.78 is 51.4. The van der Waals surface area contributed by atoms with Crippen molar-refractivity contribution in [3.63, 3.8) is 0 Å². The quantitative estimate of drug-likeness (QED) is 0.802. The van der Waals surface area contributed by atoms with Crippen molar-refractivity contribution in [2.45, 2.75) is 6.18 Å². The van der Waals surface area contributed by atoms with E-state index in [2.05, 4.69) is 26.2 Å². The molecule has 0 unspecified atom stereocenters. The van der Waals surface area contributed by atoms with E-state index >= 15 is 0 Å². The third kappa shape index (κ3) is 3.23. The number of halogens is 5. The molecule has 19 heavy (non-hydrogen) atoms. The number of anilines is 2. The number of pyridine rings is 1. The molecule has 1 aromatic carbocycles. The Bertz CT molecular complexity index is 599. The molecule has 2 aromatic rings. The number of nitrogens with zero attached hydrogens (tertiary/aromatic N) is 1. The Balaban J connectivity index is 2.35. The topological polar surface area (TPSA) is 24.9 Å². The SMILES string of the molecule is Fc1ccc(Nc2ccncc2Br)cc1C(F)(F)F. The lowest BCUT2D eigenvalue weighted by molar-refractivity contribution is -0.139. The second-order valence-electron chi connectivity index (χ2n) is 3.67. The lowest BCUT2D eigenvalue weighted by atomic mass is 10.1. The van der Waals surface area contributed by atoms with Crippen molar-refractivity contribution in [2.75, 3.05) is 5.32 Å². The second kappa shape index (κ2) is 5.16. The van der Waals surface area contributed by atoms with E-state index in [1.165, 1.54) is 18.5 Å². The van der Waals surface area contributed by atoms with Crippen LogP contribution in [0.15, 0.2) is 41.1 Å². The van der Waals surface area contributed by atoms with E-state index in [1.807, 2.05) is 0 Å². The van der Waals surface area contributed by atoms with Gasteiger partial charge in [0.1, 0.15) is 5.82 Å². The molecule has 1 heterocycles. The fourth-order valence-electron chi connectivity index (χ4n) is 1.45. The Hall–Kier alpha value is -1.63. The van der Waals surface area contributed by atoms with E-state index in [4.69, 9.17) is 0 Å². The number of hydrogen-bond donors (Lipinski definition) is 1. The van der Waals surface area contributed by atoms with Crippen molar-refractivity contribution in [3.8, 4) is 0 Å². The first-order valence-electron chi connectivity index (χ1n) is 5.11. The molecule has 100 valence electrons. The average molecular weight is 335 g/mol. The highest BCUT2D eigenvalue weighted by molar-refractivity contribution is 9.10. The van der Waals surface area contributed by atoms with Gasteiger partial charge in [-0.2, -0.15) is 13.2 Å². The van der Waals surface area contributed by atoms with E-state index < -0.39 is 17.6 Å². The molecule has 7 heteroatoms. The maximum atomic E-state index is 13.1. The van der Waals surface area contributed by atoms with Crippen LogP contribution in [0.5, 0.6) is 0 Å². The van der Waals surface area contributed by atoms with Crippen molar-refractivity contribution in [1.29, 1.82) is 0 Å². The van der Waals surface area contributed by atoms with E-state index in [0.717, 1.165) is 12.1 Å². The van der Waals surface area contributed by atoms with Gasteiger partial charge in [-0.3, -0.25) is 4.98 Å². The van der Waals surface area contributed by atoms with Gasteiger partial charge in [0.25, 0.3) is 0 Å².